The second-order valence-corrected chi connectivity index (χ2v) is 3.69. The van der Waals surface area contributed by atoms with E-state index in [0.29, 0.717) is 0 Å². The third-order valence-corrected chi connectivity index (χ3v) is 2.67. The summed E-state index contributed by atoms with van der Waals surface area (Å²) in [6.45, 7) is 8.58. The minimum atomic E-state index is 0.837. The molecule has 1 fully saturated rings. The van der Waals surface area contributed by atoms with Gasteiger partial charge in [-0.25, -0.2) is 0 Å². The smallest absolute Gasteiger partial charge is 0.138 e. The molecule has 1 saturated heterocycles. The van der Waals surface area contributed by atoms with E-state index in [1.54, 1.807) is 0 Å². The summed E-state index contributed by atoms with van der Waals surface area (Å²) in [5.41, 5.74) is 2.24. The van der Waals surface area contributed by atoms with Gasteiger partial charge in [0.25, 0.3) is 0 Å². The molecular formula is C10H16N2O2. The summed E-state index contributed by atoms with van der Waals surface area (Å²) in [5, 5.41) is 3.95. The molecule has 0 spiro atoms. The third-order valence-electron chi connectivity index (χ3n) is 2.67. The minimum Gasteiger partial charge on any atom is -0.379 e. The van der Waals surface area contributed by atoms with E-state index in [9.17, 15) is 0 Å². The second kappa shape index (κ2) is 4.11. The van der Waals surface area contributed by atoms with E-state index < -0.39 is 0 Å². The Morgan fingerprint density at radius 1 is 1.29 bits per heavy atom. The van der Waals surface area contributed by atoms with Crippen molar-refractivity contribution in [3.05, 3.63) is 17.0 Å². The molecule has 2 heterocycles. The molecule has 0 aromatic carbocycles. The van der Waals surface area contributed by atoms with Gasteiger partial charge in [0.15, 0.2) is 0 Å². The number of nitrogens with zero attached hydrogens (tertiary/aromatic N) is 2. The monoisotopic (exact) mass is 196 g/mol. The van der Waals surface area contributed by atoms with E-state index in [1.807, 2.05) is 13.8 Å². The normalized spacial score (nSPS) is 18.7. The summed E-state index contributed by atoms with van der Waals surface area (Å²) in [6, 6.07) is 0. The van der Waals surface area contributed by atoms with Crippen molar-refractivity contribution in [2.24, 2.45) is 0 Å². The van der Waals surface area contributed by atoms with Crippen molar-refractivity contribution in [2.45, 2.75) is 20.4 Å². The lowest BCUT2D eigenvalue weighted by Crippen LogP contribution is -2.35. The van der Waals surface area contributed by atoms with Crippen LogP contribution in [0.25, 0.3) is 0 Å². The molecule has 1 aromatic rings. The number of rotatable bonds is 2. The van der Waals surface area contributed by atoms with Crippen LogP contribution in [0.15, 0.2) is 4.52 Å². The van der Waals surface area contributed by atoms with Crippen LogP contribution in [0.5, 0.6) is 0 Å². The molecule has 0 bridgehead atoms. The van der Waals surface area contributed by atoms with Gasteiger partial charge < -0.3 is 9.26 Å². The SMILES string of the molecule is Cc1noc(C)c1CN1CCOCC1. The van der Waals surface area contributed by atoms with Crippen molar-refractivity contribution in [1.82, 2.24) is 10.1 Å². The second-order valence-electron chi connectivity index (χ2n) is 3.69. The summed E-state index contributed by atoms with van der Waals surface area (Å²) in [5.74, 6) is 0.939. The number of morpholine rings is 1. The topological polar surface area (TPSA) is 38.5 Å². The first-order valence-electron chi connectivity index (χ1n) is 4.99. The lowest BCUT2D eigenvalue weighted by atomic mass is 10.2. The molecule has 0 saturated carbocycles. The summed E-state index contributed by atoms with van der Waals surface area (Å²) in [4.78, 5) is 2.37. The van der Waals surface area contributed by atoms with E-state index in [-0.39, 0.29) is 0 Å². The Kier molecular flexibility index (Phi) is 2.84. The van der Waals surface area contributed by atoms with Crippen molar-refractivity contribution in [1.29, 1.82) is 0 Å². The predicted octanol–water partition coefficient (Wildman–Crippen LogP) is 1.12. The maximum absolute atomic E-state index is 5.30. The summed E-state index contributed by atoms with van der Waals surface area (Å²) >= 11 is 0. The van der Waals surface area contributed by atoms with Gasteiger partial charge in [-0.3, -0.25) is 4.90 Å². The molecule has 4 heteroatoms. The Labute approximate surface area is 83.8 Å². The summed E-state index contributed by atoms with van der Waals surface area (Å²) in [7, 11) is 0. The zero-order chi connectivity index (χ0) is 9.97. The van der Waals surface area contributed by atoms with Gasteiger partial charge in [-0.05, 0) is 13.8 Å². The number of aryl methyl sites for hydroxylation is 2. The lowest BCUT2D eigenvalue weighted by Gasteiger charge is -2.26. The van der Waals surface area contributed by atoms with Gasteiger partial charge in [-0.15, -0.1) is 0 Å². The van der Waals surface area contributed by atoms with Crippen LogP contribution in [-0.2, 0) is 11.3 Å². The zero-order valence-electron chi connectivity index (χ0n) is 8.75. The Balaban J connectivity index is 2.02. The van der Waals surface area contributed by atoms with Crippen molar-refractivity contribution in [3.63, 3.8) is 0 Å². The van der Waals surface area contributed by atoms with Gasteiger partial charge in [-0.1, -0.05) is 5.16 Å². The number of hydrogen-bond acceptors (Lipinski definition) is 4. The van der Waals surface area contributed by atoms with Gasteiger partial charge in [0.1, 0.15) is 5.76 Å². The Bertz CT molecular complexity index is 284. The first-order valence-corrected chi connectivity index (χ1v) is 4.99. The Morgan fingerprint density at radius 3 is 2.57 bits per heavy atom. The van der Waals surface area contributed by atoms with Crippen LogP contribution < -0.4 is 0 Å². The average molecular weight is 196 g/mol. The first kappa shape index (κ1) is 9.68. The van der Waals surface area contributed by atoms with Crippen LogP contribution >= 0.6 is 0 Å². The summed E-state index contributed by atoms with van der Waals surface area (Å²) < 4.78 is 10.4. The van der Waals surface area contributed by atoms with Gasteiger partial charge >= 0.3 is 0 Å². The number of ether oxygens (including phenoxy) is 1. The molecular weight excluding hydrogens is 180 g/mol. The fourth-order valence-electron chi connectivity index (χ4n) is 1.71. The molecule has 0 atom stereocenters. The van der Waals surface area contributed by atoms with Gasteiger partial charge in [0, 0.05) is 25.2 Å². The van der Waals surface area contributed by atoms with Crippen LogP contribution in [-0.4, -0.2) is 36.4 Å². The van der Waals surface area contributed by atoms with E-state index in [0.717, 1.165) is 44.3 Å². The molecule has 78 valence electrons. The van der Waals surface area contributed by atoms with Crippen LogP contribution in [0.2, 0.25) is 0 Å². The maximum Gasteiger partial charge on any atom is 0.138 e. The van der Waals surface area contributed by atoms with Crippen LogP contribution in [0, 0.1) is 13.8 Å². The van der Waals surface area contributed by atoms with Crippen LogP contribution in [0.3, 0.4) is 0 Å². The summed E-state index contributed by atoms with van der Waals surface area (Å²) in [6.07, 6.45) is 0. The molecule has 0 N–H and O–H groups in total. The molecule has 0 aliphatic carbocycles. The van der Waals surface area contributed by atoms with Crippen LogP contribution in [0.1, 0.15) is 17.0 Å². The molecule has 1 aliphatic rings. The van der Waals surface area contributed by atoms with Crippen molar-refractivity contribution in [2.75, 3.05) is 26.3 Å². The molecule has 1 aromatic heterocycles. The minimum absolute atomic E-state index is 0.837. The fraction of sp³-hybridized carbons (Fsp3) is 0.700. The quantitative estimate of drug-likeness (QED) is 0.710. The van der Waals surface area contributed by atoms with Gasteiger partial charge in [0.2, 0.25) is 0 Å². The third kappa shape index (κ3) is 1.96. The molecule has 1 aliphatic heterocycles. The molecule has 4 nitrogen and oxygen atoms in total. The molecule has 14 heavy (non-hydrogen) atoms. The van der Waals surface area contributed by atoms with Crippen molar-refractivity contribution in [3.8, 4) is 0 Å². The van der Waals surface area contributed by atoms with Crippen LogP contribution in [0.4, 0.5) is 0 Å². The molecule has 0 amide bonds. The van der Waals surface area contributed by atoms with E-state index in [1.165, 1.54) is 5.56 Å². The predicted molar refractivity (Wildman–Crippen MR) is 52.1 cm³/mol. The van der Waals surface area contributed by atoms with Gasteiger partial charge in [0.05, 0.1) is 18.9 Å². The fourth-order valence-corrected chi connectivity index (χ4v) is 1.71. The highest BCUT2D eigenvalue weighted by Crippen LogP contribution is 2.15. The Morgan fingerprint density at radius 2 is 2.00 bits per heavy atom. The van der Waals surface area contributed by atoms with Gasteiger partial charge in [-0.2, -0.15) is 0 Å². The highest BCUT2D eigenvalue weighted by atomic mass is 16.5. The maximum atomic E-state index is 5.30. The van der Waals surface area contributed by atoms with E-state index >= 15 is 0 Å². The molecule has 0 unspecified atom stereocenters. The molecule has 2 rings (SSSR count). The number of hydrogen-bond donors (Lipinski definition) is 0. The van der Waals surface area contributed by atoms with E-state index in [2.05, 4.69) is 10.1 Å². The highest BCUT2D eigenvalue weighted by Gasteiger charge is 2.15. The molecule has 0 radical (unpaired) electrons. The van der Waals surface area contributed by atoms with E-state index in [4.69, 9.17) is 9.26 Å². The zero-order valence-corrected chi connectivity index (χ0v) is 8.75. The largest absolute Gasteiger partial charge is 0.379 e. The standard InChI is InChI=1S/C10H16N2O2/c1-8-10(9(2)14-11-8)7-12-3-5-13-6-4-12/h3-7H2,1-2H3. The number of aromatic nitrogens is 1. The Hall–Kier alpha value is -0.870. The lowest BCUT2D eigenvalue weighted by molar-refractivity contribution is 0.0339. The van der Waals surface area contributed by atoms with Crippen molar-refractivity contribution >= 4 is 0 Å². The average Bonchev–Trinajstić information content (AvgIpc) is 2.51. The first-order chi connectivity index (χ1) is 6.77. The van der Waals surface area contributed by atoms with Crippen molar-refractivity contribution < 1.29 is 9.26 Å². The highest BCUT2D eigenvalue weighted by molar-refractivity contribution is 5.20.